The average molecular weight is 384 g/mol. The zero-order chi connectivity index (χ0) is 19.9. The maximum absolute atomic E-state index is 11.7. The van der Waals surface area contributed by atoms with Crippen LogP contribution in [0.15, 0.2) is 41.7 Å². The Morgan fingerprint density at radius 1 is 1.36 bits per heavy atom. The first-order chi connectivity index (χ1) is 13.6. The van der Waals surface area contributed by atoms with Crippen molar-refractivity contribution in [2.24, 2.45) is 12.0 Å². The minimum Gasteiger partial charge on any atom is -0.370 e. The molecular formula is C20H28N6O2. The summed E-state index contributed by atoms with van der Waals surface area (Å²) >= 11 is 0. The third-order valence-corrected chi connectivity index (χ3v) is 4.65. The van der Waals surface area contributed by atoms with Crippen LogP contribution in [-0.4, -0.2) is 59.8 Å². The van der Waals surface area contributed by atoms with Gasteiger partial charge in [-0.2, -0.15) is 5.10 Å². The molecule has 2 aromatic rings. The molecule has 28 heavy (non-hydrogen) atoms. The molecule has 0 bridgehead atoms. The van der Waals surface area contributed by atoms with E-state index in [4.69, 9.17) is 9.73 Å². The number of hydrogen-bond donors (Lipinski definition) is 2. The summed E-state index contributed by atoms with van der Waals surface area (Å²) in [4.78, 5) is 18.7. The molecule has 1 unspecified atom stereocenters. The van der Waals surface area contributed by atoms with Gasteiger partial charge in [-0.1, -0.05) is 12.1 Å². The highest BCUT2D eigenvalue weighted by Crippen LogP contribution is 2.21. The summed E-state index contributed by atoms with van der Waals surface area (Å²) in [7, 11) is 3.54. The molecule has 1 saturated heterocycles. The summed E-state index contributed by atoms with van der Waals surface area (Å²) in [6.07, 6.45) is 3.83. The molecule has 2 N–H and O–H groups in total. The van der Waals surface area contributed by atoms with E-state index < -0.39 is 0 Å². The van der Waals surface area contributed by atoms with E-state index in [1.54, 1.807) is 11.7 Å². The van der Waals surface area contributed by atoms with Crippen molar-refractivity contribution in [2.45, 2.75) is 19.6 Å². The van der Waals surface area contributed by atoms with Gasteiger partial charge in [-0.05, 0) is 24.6 Å². The topological polar surface area (TPSA) is 83.8 Å². The second kappa shape index (κ2) is 9.36. The number of amides is 1. The average Bonchev–Trinajstić information content (AvgIpc) is 3.17. The third-order valence-electron chi connectivity index (χ3n) is 4.65. The number of aliphatic imine (C=N–C) groups is 1. The monoisotopic (exact) mass is 384 g/mol. The van der Waals surface area contributed by atoms with Gasteiger partial charge in [-0.15, -0.1) is 0 Å². The maximum atomic E-state index is 11.7. The Labute approximate surface area is 165 Å². The van der Waals surface area contributed by atoms with E-state index in [0.29, 0.717) is 18.7 Å². The van der Waals surface area contributed by atoms with Crippen molar-refractivity contribution in [3.8, 4) is 0 Å². The molecule has 0 aliphatic carbocycles. The van der Waals surface area contributed by atoms with E-state index >= 15 is 0 Å². The van der Waals surface area contributed by atoms with Crippen LogP contribution >= 0.6 is 0 Å². The number of rotatable bonds is 5. The van der Waals surface area contributed by atoms with Gasteiger partial charge in [0.2, 0.25) is 0 Å². The van der Waals surface area contributed by atoms with Crippen molar-refractivity contribution in [3.63, 3.8) is 0 Å². The summed E-state index contributed by atoms with van der Waals surface area (Å²) in [5.74, 6) is 0.785. The molecule has 0 radical (unpaired) electrons. The molecule has 3 rings (SSSR count). The van der Waals surface area contributed by atoms with Crippen LogP contribution in [0.4, 0.5) is 0 Å². The number of carbonyl (C=O) groups excluding carboxylic acids is 1. The molecule has 0 saturated carbocycles. The lowest BCUT2D eigenvalue weighted by Gasteiger charge is -2.34. The number of carbonyl (C=O) groups is 1. The molecule has 1 atom stereocenters. The lowest BCUT2D eigenvalue weighted by atomic mass is 10.1. The Morgan fingerprint density at radius 2 is 2.14 bits per heavy atom. The zero-order valence-corrected chi connectivity index (χ0v) is 16.7. The number of aryl methyl sites for hydroxylation is 1. The van der Waals surface area contributed by atoms with Crippen LogP contribution in [0.25, 0.3) is 0 Å². The number of ether oxygens (including phenoxy) is 1. The molecule has 2 heterocycles. The normalized spacial score (nSPS) is 17.5. The van der Waals surface area contributed by atoms with Crippen molar-refractivity contribution in [2.75, 3.05) is 33.3 Å². The fourth-order valence-electron chi connectivity index (χ4n) is 3.15. The number of aromatic nitrogens is 2. The fraction of sp³-hybridized carbons (Fsp3) is 0.450. The van der Waals surface area contributed by atoms with Crippen LogP contribution in [-0.2, 0) is 18.3 Å². The summed E-state index contributed by atoms with van der Waals surface area (Å²) in [5, 5.41) is 10.2. The standard InChI is InChI=1S/C20H28N6O2/c1-4-22-20(23-11-15-5-7-16(8-6-15)19(27)21-2)26-9-10-28-18(14-26)17-12-24-25(3)13-17/h5-8,12-13,18H,4,9-11,14H2,1-3H3,(H,21,27)(H,22,23). The molecular weight excluding hydrogens is 356 g/mol. The van der Waals surface area contributed by atoms with E-state index in [9.17, 15) is 4.79 Å². The maximum Gasteiger partial charge on any atom is 0.251 e. The van der Waals surface area contributed by atoms with Crippen LogP contribution in [0.1, 0.15) is 34.5 Å². The molecule has 8 heteroatoms. The number of hydrogen-bond acceptors (Lipinski definition) is 4. The highest BCUT2D eigenvalue weighted by atomic mass is 16.5. The van der Waals surface area contributed by atoms with E-state index in [-0.39, 0.29) is 12.0 Å². The van der Waals surface area contributed by atoms with Gasteiger partial charge in [0.1, 0.15) is 6.10 Å². The minimum atomic E-state index is -0.0850. The number of guanidine groups is 1. The smallest absolute Gasteiger partial charge is 0.251 e. The molecule has 150 valence electrons. The minimum absolute atomic E-state index is 0.0156. The number of morpholine rings is 1. The Hall–Kier alpha value is -2.87. The molecule has 0 spiro atoms. The number of benzene rings is 1. The molecule has 1 aliphatic rings. The molecule has 1 aliphatic heterocycles. The highest BCUT2D eigenvalue weighted by molar-refractivity contribution is 5.93. The van der Waals surface area contributed by atoms with Crippen molar-refractivity contribution in [1.82, 2.24) is 25.3 Å². The zero-order valence-electron chi connectivity index (χ0n) is 16.7. The predicted octanol–water partition coefficient (Wildman–Crippen LogP) is 1.32. The van der Waals surface area contributed by atoms with E-state index in [2.05, 4.69) is 27.6 Å². The Morgan fingerprint density at radius 3 is 2.79 bits per heavy atom. The summed E-state index contributed by atoms with van der Waals surface area (Å²) < 4.78 is 7.72. The van der Waals surface area contributed by atoms with Gasteiger partial charge in [0.05, 0.1) is 25.9 Å². The molecule has 1 aromatic heterocycles. The second-order valence-electron chi connectivity index (χ2n) is 6.70. The van der Waals surface area contributed by atoms with Crippen LogP contribution in [0.2, 0.25) is 0 Å². The Balaban J connectivity index is 1.68. The van der Waals surface area contributed by atoms with Crippen LogP contribution in [0.3, 0.4) is 0 Å². The fourth-order valence-corrected chi connectivity index (χ4v) is 3.15. The van der Waals surface area contributed by atoms with Crippen LogP contribution < -0.4 is 10.6 Å². The van der Waals surface area contributed by atoms with Gasteiger partial charge < -0.3 is 20.3 Å². The van der Waals surface area contributed by atoms with Gasteiger partial charge in [-0.3, -0.25) is 9.48 Å². The molecule has 8 nitrogen and oxygen atoms in total. The van der Waals surface area contributed by atoms with Gasteiger partial charge in [0.15, 0.2) is 5.96 Å². The van der Waals surface area contributed by atoms with Crippen LogP contribution in [0, 0.1) is 0 Å². The van der Waals surface area contributed by atoms with Gasteiger partial charge in [0, 0.05) is 44.5 Å². The third kappa shape index (κ3) is 4.89. The van der Waals surface area contributed by atoms with Crippen molar-refractivity contribution < 1.29 is 9.53 Å². The quantitative estimate of drug-likeness (QED) is 0.600. The lowest BCUT2D eigenvalue weighted by Crippen LogP contribution is -2.48. The summed E-state index contributed by atoms with van der Waals surface area (Å²) in [5.41, 5.74) is 2.78. The highest BCUT2D eigenvalue weighted by Gasteiger charge is 2.25. The van der Waals surface area contributed by atoms with Crippen molar-refractivity contribution in [3.05, 3.63) is 53.3 Å². The van der Waals surface area contributed by atoms with Crippen LogP contribution in [0.5, 0.6) is 0 Å². The van der Waals surface area contributed by atoms with Gasteiger partial charge in [0.25, 0.3) is 5.91 Å². The van der Waals surface area contributed by atoms with Gasteiger partial charge >= 0.3 is 0 Å². The van der Waals surface area contributed by atoms with Gasteiger partial charge in [-0.25, -0.2) is 4.99 Å². The van der Waals surface area contributed by atoms with E-state index in [0.717, 1.165) is 36.7 Å². The second-order valence-corrected chi connectivity index (χ2v) is 6.70. The number of nitrogens with one attached hydrogen (secondary N) is 2. The Bertz CT molecular complexity index is 814. The number of nitrogens with zero attached hydrogens (tertiary/aromatic N) is 4. The Kier molecular flexibility index (Phi) is 6.65. The van der Waals surface area contributed by atoms with Crippen molar-refractivity contribution >= 4 is 11.9 Å². The molecule has 1 aromatic carbocycles. The molecule has 1 fully saturated rings. The molecule has 1 amide bonds. The SMILES string of the molecule is CCNC(=NCc1ccc(C(=O)NC)cc1)N1CCOC(c2cnn(C)c2)C1. The first kappa shape index (κ1) is 19.9. The summed E-state index contributed by atoms with van der Waals surface area (Å²) in [6, 6.07) is 7.53. The summed E-state index contributed by atoms with van der Waals surface area (Å²) in [6.45, 7) is 5.57. The first-order valence-corrected chi connectivity index (χ1v) is 9.55. The predicted molar refractivity (Wildman–Crippen MR) is 108 cm³/mol. The lowest BCUT2D eigenvalue weighted by molar-refractivity contribution is -0.00805. The van der Waals surface area contributed by atoms with E-state index in [1.807, 2.05) is 43.7 Å². The van der Waals surface area contributed by atoms with E-state index in [1.165, 1.54) is 0 Å². The largest absolute Gasteiger partial charge is 0.370 e. The van der Waals surface area contributed by atoms with Crippen molar-refractivity contribution in [1.29, 1.82) is 0 Å². The first-order valence-electron chi connectivity index (χ1n) is 9.55.